The molecule has 0 aliphatic heterocycles. The van der Waals surface area contributed by atoms with Crippen LogP contribution in [0.25, 0.3) is 0 Å². The van der Waals surface area contributed by atoms with Crippen LogP contribution >= 0.6 is 0 Å². The van der Waals surface area contributed by atoms with Gasteiger partial charge in [0.2, 0.25) is 0 Å². The van der Waals surface area contributed by atoms with E-state index in [2.05, 4.69) is 9.97 Å². The number of nitrogens with zero attached hydrogens (tertiary/aromatic N) is 1. The first-order valence-corrected chi connectivity index (χ1v) is 5.69. The predicted octanol–water partition coefficient (Wildman–Crippen LogP) is 0.765. The molecule has 5 nitrogen and oxygen atoms in total. The third kappa shape index (κ3) is 2.82. The van der Waals surface area contributed by atoms with Gasteiger partial charge < -0.3 is 15.5 Å². The summed E-state index contributed by atoms with van der Waals surface area (Å²) in [4.78, 5) is 18.4. The lowest BCUT2D eigenvalue weighted by Crippen LogP contribution is -2.36. The molecule has 16 heavy (non-hydrogen) atoms. The second-order valence-corrected chi connectivity index (χ2v) is 4.23. The van der Waals surface area contributed by atoms with Crippen molar-refractivity contribution >= 4 is 5.97 Å². The first kappa shape index (κ1) is 11.1. The van der Waals surface area contributed by atoms with Crippen LogP contribution in [0, 0.1) is 0 Å². The van der Waals surface area contributed by atoms with E-state index in [4.69, 9.17) is 10.5 Å². The molecule has 1 aromatic heterocycles. The number of aromatic nitrogens is 2. The molecule has 1 aromatic rings. The largest absolute Gasteiger partial charge is 0.461 e. The van der Waals surface area contributed by atoms with Crippen LogP contribution in [0.1, 0.15) is 31.4 Å². The molecule has 1 heterocycles. The van der Waals surface area contributed by atoms with Gasteiger partial charge in [0.1, 0.15) is 12.1 Å². The summed E-state index contributed by atoms with van der Waals surface area (Å²) in [6.45, 7) is 0. The number of nitrogens with two attached hydrogens (primary N) is 1. The van der Waals surface area contributed by atoms with Gasteiger partial charge in [0.05, 0.1) is 6.33 Å². The van der Waals surface area contributed by atoms with Crippen molar-refractivity contribution in [2.24, 2.45) is 5.73 Å². The van der Waals surface area contributed by atoms with Gasteiger partial charge in [0.15, 0.2) is 0 Å². The van der Waals surface area contributed by atoms with Crippen molar-refractivity contribution in [3.63, 3.8) is 0 Å². The van der Waals surface area contributed by atoms with Crippen molar-refractivity contribution in [3.8, 4) is 0 Å². The predicted molar refractivity (Wildman–Crippen MR) is 58.6 cm³/mol. The molecule has 0 spiro atoms. The number of hydrogen-bond donors (Lipinski definition) is 2. The normalized spacial score (nSPS) is 18.6. The van der Waals surface area contributed by atoms with Crippen LogP contribution < -0.4 is 5.73 Å². The lowest BCUT2D eigenvalue weighted by atomic mass is 10.2. The van der Waals surface area contributed by atoms with Crippen molar-refractivity contribution in [1.29, 1.82) is 0 Å². The van der Waals surface area contributed by atoms with Crippen LogP contribution in [0.2, 0.25) is 0 Å². The Morgan fingerprint density at radius 1 is 1.62 bits per heavy atom. The zero-order valence-corrected chi connectivity index (χ0v) is 9.19. The molecule has 0 aromatic carbocycles. The maximum Gasteiger partial charge on any atom is 0.323 e. The molecule has 1 fully saturated rings. The highest BCUT2D eigenvalue weighted by Crippen LogP contribution is 2.21. The molecular weight excluding hydrogens is 206 g/mol. The second kappa shape index (κ2) is 5.12. The molecule has 0 saturated heterocycles. The van der Waals surface area contributed by atoms with E-state index in [9.17, 15) is 4.79 Å². The molecule has 1 saturated carbocycles. The van der Waals surface area contributed by atoms with Crippen LogP contribution in [0.5, 0.6) is 0 Å². The number of nitrogens with one attached hydrogen (secondary N) is 1. The zero-order chi connectivity index (χ0) is 11.4. The van der Waals surface area contributed by atoms with Gasteiger partial charge in [-0.2, -0.15) is 0 Å². The summed E-state index contributed by atoms with van der Waals surface area (Å²) < 4.78 is 5.32. The highest BCUT2D eigenvalue weighted by molar-refractivity contribution is 5.76. The number of aromatic amines is 1. The Kier molecular flexibility index (Phi) is 3.56. The maximum atomic E-state index is 11.6. The smallest absolute Gasteiger partial charge is 0.323 e. The van der Waals surface area contributed by atoms with E-state index in [1.807, 2.05) is 0 Å². The molecule has 88 valence electrons. The van der Waals surface area contributed by atoms with Gasteiger partial charge in [0, 0.05) is 18.3 Å². The third-order valence-electron chi connectivity index (χ3n) is 2.88. The van der Waals surface area contributed by atoms with Crippen molar-refractivity contribution in [2.45, 2.75) is 44.2 Å². The second-order valence-electron chi connectivity index (χ2n) is 4.23. The average Bonchev–Trinajstić information content (AvgIpc) is 2.90. The zero-order valence-electron chi connectivity index (χ0n) is 9.19. The van der Waals surface area contributed by atoms with E-state index >= 15 is 0 Å². The van der Waals surface area contributed by atoms with Crippen LogP contribution in [0.15, 0.2) is 12.5 Å². The number of ether oxygens (including phenoxy) is 1. The van der Waals surface area contributed by atoms with Crippen molar-refractivity contribution in [1.82, 2.24) is 9.97 Å². The van der Waals surface area contributed by atoms with Gasteiger partial charge in [-0.1, -0.05) is 0 Å². The minimum Gasteiger partial charge on any atom is -0.461 e. The summed E-state index contributed by atoms with van der Waals surface area (Å²) in [6.07, 6.45) is 8.02. The molecule has 0 radical (unpaired) electrons. The fraction of sp³-hybridized carbons (Fsp3) is 0.636. The summed E-state index contributed by atoms with van der Waals surface area (Å²) in [5, 5.41) is 0. The van der Waals surface area contributed by atoms with E-state index < -0.39 is 6.04 Å². The first-order valence-electron chi connectivity index (χ1n) is 5.69. The number of carbonyl (C=O) groups is 1. The molecule has 1 atom stereocenters. The van der Waals surface area contributed by atoms with Gasteiger partial charge in [0.25, 0.3) is 0 Å². The fourth-order valence-electron chi connectivity index (χ4n) is 1.97. The fourth-order valence-corrected chi connectivity index (χ4v) is 1.97. The van der Waals surface area contributed by atoms with Gasteiger partial charge in [-0.25, -0.2) is 4.98 Å². The molecule has 0 amide bonds. The molecule has 1 aliphatic rings. The number of H-pyrrole nitrogens is 1. The number of rotatable bonds is 4. The third-order valence-corrected chi connectivity index (χ3v) is 2.88. The van der Waals surface area contributed by atoms with Crippen molar-refractivity contribution < 1.29 is 9.53 Å². The standard InChI is InChI=1S/C11H17N3O2/c12-10(5-8-6-13-7-14-8)11(15)16-9-3-1-2-4-9/h6-7,9-10H,1-5,12H2,(H,13,14)/t10-/m0/s1. The Balaban J connectivity index is 1.79. The van der Waals surface area contributed by atoms with Crippen LogP contribution in [0.3, 0.4) is 0 Å². The molecule has 0 unspecified atom stereocenters. The molecule has 5 heteroatoms. The van der Waals surface area contributed by atoms with E-state index in [-0.39, 0.29) is 12.1 Å². The lowest BCUT2D eigenvalue weighted by Gasteiger charge is -2.15. The van der Waals surface area contributed by atoms with Gasteiger partial charge in [-0.3, -0.25) is 4.79 Å². The van der Waals surface area contributed by atoms with E-state index in [1.54, 1.807) is 12.5 Å². The van der Waals surface area contributed by atoms with E-state index in [0.717, 1.165) is 31.4 Å². The number of esters is 1. The monoisotopic (exact) mass is 223 g/mol. The van der Waals surface area contributed by atoms with Crippen LogP contribution in [-0.2, 0) is 16.0 Å². The van der Waals surface area contributed by atoms with E-state index in [1.165, 1.54) is 0 Å². The average molecular weight is 223 g/mol. The SMILES string of the molecule is N[C@@H](Cc1cnc[nH]1)C(=O)OC1CCCC1. The van der Waals surface area contributed by atoms with Crippen molar-refractivity contribution in [3.05, 3.63) is 18.2 Å². The first-order chi connectivity index (χ1) is 7.75. The minimum absolute atomic E-state index is 0.0836. The number of imidazole rings is 1. The van der Waals surface area contributed by atoms with Crippen molar-refractivity contribution in [2.75, 3.05) is 0 Å². The molecule has 2 rings (SSSR count). The minimum atomic E-state index is -0.596. The Morgan fingerprint density at radius 2 is 2.38 bits per heavy atom. The molecular formula is C11H17N3O2. The summed E-state index contributed by atoms with van der Waals surface area (Å²) >= 11 is 0. The Labute approximate surface area is 94.4 Å². The molecule has 3 N–H and O–H groups in total. The highest BCUT2D eigenvalue weighted by atomic mass is 16.5. The summed E-state index contributed by atoms with van der Waals surface area (Å²) in [7, 11) is 0. The maximum absolute atomic E-state index is 11.6. The summed E-state index contributed by atoms with van der Waals surface area (Å²) in [6, 6.07) is -0.596. The molecule has 1 aliphatic carbocycles. The van der Waals surface area contributed by atoms with Crippen LogP contribution in [-0.4, -0.2) is 28.1 Å². The molecule has 0 bridgehead atoms. The number of carbonyl (C=O) groups excluding carboxylic acids is 1. The summed E-state index contributed by atoms with van der Waals surface area (Å²) in [5.41, 5.74) is 6.62. The quantitative estimate of drug-likeness (QED) is 0.738. The number of hydrogen-bond acceptors (Lipinski definition) is 4. The Bertz CT molecular complexity index is 331. The van der Waals surface area contributed by atoms with Gasteiger partial charge in [-0.15, -0.1) is 0 Å². The van der Waals surface area contributed by atoms with Gasteiger partial charge >= 0.3 is 5.97 Å². The van der Waals surface area contributed by atoms with E-state index in [0.29, 0.717) is 6.42 Å². The highest BCUT2D eigenvalue weighted by Gasteiger charge is 2.23. The van der Waals surface area contributed by atoms with Gasteiger partial charge in [-0.05, 0) is 25.7 Å². The topological polar surface area (TPSA) is 81.0 Å². The Morgan fingerprint density at radius 3 is 3.00 bits per heavy atom. The summed E-state index contributed by atoms with van der Waals surface area (Å²) in [5.74, 6) is -0.304. The Hall–Kier alpha value is -1.36. The lowest BCUT2D eigenvalue weighted by molar-refractivity contribution is -0.150. The van der Waals surface area contributed by atoms with Crippen LogP contribution in [0.4, 0.5) is 0 Å².